The van der Waals surface area contributed by atoms with Crippen molar-refractivity contribution in [2.75, 3.05) is 18.5 Å². The van der Waals surface area contributed by atoms with Crippen molar-refractivity contribution in [1.82, 2.24) is 0 Å². The maximum absolute atomic E-state index is 9.88. The average Bonchev–Trinajstić information content (AvgIpc) is 2.79. The number of rotatable bonds is 22. The lowest BCUT2D eigenvalue weighted by Gasteiger charge is -2.18. The molecule has 31 heavy (non-hydrogen) atoms. The predicted molar refractivity (Wildman–Crippen MR) is 148 cm³/mol. The van der Waals surface area contributed by atoms with Gasteiger partial charge in [0.1, 0.15) is 0 Å². The Morgan fingerprint density at radius 1 is 0.645 bits per heavy atom. The highest BCUT2D eigenvalue weighted by molar-refractivity contribution is 7.57. The molecular weight excluding hydrogens is 415 g/mol. The second-order valence-corrected chi connectivity index (χ2v) is 12.0. The van der Waals surface area contributed by atoms with Gasteiger partial charge in [-0.3, -0.25) is 0 Å². The number of carbonyl (C=O) groups is 1. The van der Waals surface area contributed by atoms with Crippen LogP contribution in [-0.4, -0.2) is 34.9 Å². The molecule has 0 aliphatic heterocycles. The molecule has 0 N–H and O–H groups in total. The molecular formula is C27H57O2PSi. The molecule has 0 aliphatic rings. The molecule has 0 rings (SSSR count). The van der Waals surface area contributed by atoms with E-state index in [1.807, 2.05) is 0 Å². The summed E-state index contributed by atoms with van der Waals surface area (Å²) in [5, 5.41) is 0. The summed E-state index contributed by atoms with van der Waals surface area (Å²) < 4.78 is 4.28. The van der Waals surface area contributed by atoms with Gasteiger partial charge >= 0.3 is 5.97 Å². The zero-order valence-electron chi connectivity index (χ0n) is 21.9. The lowest BCUT2D eigenvalue weighted by Crippen LogP contribution is -1.97. The van der Waals surface area contributed by atoms with Crippen molar-refractivity contribution < 1.29 is 9.22 Å². The number of unbranched alkanes of at least 4 members (excludes halogenated alkanes) is 15. The SMILES string of the molecule is C=CC(=O)O[SiH3].CCCCCCCCP(CCCCCCCC)CCCCCCCC. The molecule has 0 saturated carbocycles. The molecule has 0 bridgehead atoms. The summed E-state index contributed by atoms with van der Waals surface area (Å²) in [6, 6.07) is 0. The third-order valence-electron chi connectivity index (χ3n) is 5.85. The van der Waals surface area contributed by atoms with Crippen molar-refractivity contribution in [3.63, 3.8) is 0 Å². The highest BCUT2D eigenvalue weighted by Crippen LogP contribution is 2.39. The van der Waals surface area contributed by atoms with E-state index in [9.17, 15) is 4.79 Å². The zero-order valence-corrected chi connectivity index (χ0v) is 24.8. The van der Waals surface area contributed by atoms with E-state index < -0.39 is 0 Å². The third-order valence-corrected chi connectivity index (χ3v) is 9.10. The Kier molecular flexibility index (Phi) is 31.8. The van der Waals surface area contributed by atoms with E-state index in [1.54, 1.807) is 18.5 Å². The first-order valence-corrected chi connectivity index (χ1v) is 16.3. The summed E-state index contributed by atoms with van der Waals surface area (Å²) in [4.78, 5) is 9.88. The fourth-order valence-electron chi connectivity index (χ4n) is 3.77. The van der Waals surface area contributed by atoms with Crippen molar-refractivity contribution in [1.29, 1.82) is 0 Å². The van der Waals surface area contributed by atoms with Gasteiger partial charge in [-0.05, 0) is 37.7 Å². The van der Waals surface area contributed by atoms with Crippen molar-refractivity contribution in [3.05, 3.63) is 12.7 Å². The van der Waals surface area contributed by atoms with Gasteiger partial charge in [0.15, 0.2) is 0 Å². The maximum atomic E-state index is 9.88. The zero-order chi connectivity index (χ0) is 23.4. The molecule has 0 aromatic heterocycles. The van der Waals surface area contributed by atoms with Crippen molar-refractivity contribution in [2.45, 2.75) is 136 Å². The van der Waals surface area contributed by atoms with Gasteiger partial charge in [0.25, 0.3) is 0 Å². The lowest BCUT2D eigenvalue weighted by atomic mass is 10.1. The summed E-state index contributed by atoms with van der Waals surface area (Å²) in [6.07, 6.45) is 32.4. The summed E-state index contributed by atoms with van der Waals surface area (Å²) >= 11 is 0. The Morgan fingerprint density at radius 2 is 0.935 bits per heavy atom. The smallest absolute Gasteiger partial charge is 0.316 e. The minimum absolute atomic E-state index is 0.332. The van der Waals surface area contributed by atoms with E-state index in [0.717, 1.165) is 6.08 Å². The van der Waals surface area contributed by atoms with Crippen LogP contribution in [0.2, 0.25) is 0 Å². The second kappa shape index (κ2) is 29.9. The van der Waals surface area contributed by atoms with Crippen molar-refractivity contribution in [2.24, 2.45) is 0 Å². The molecule has 0 unspecified atom stereocenters. The lowest BCUT2D eigenvalue weighted by molar-refractivity contribution is -0.128. The van der Waals surface area contributed by atoms with Gasteiger partial charge in [-0.2, -0.15) is 0 Å². The van der Waals surface area contributed by atoms with Gasteiger partial charge in [-0.1, -0.05) is 124 Å². The molecule has 0 atom stereocenters. The molecule has 0 heterocycles. The Hall–Kier alpha value is -0.143. The molecule has 0 amide bonds. The van der Waals surface area contributed by atoms with Crippen LogP contribution in [0.1, 0.15) is 136 Å². The fourth-order valence-corrected chi connectivity index (χ4v) is 6.62. The molecule has 0 aliphatic carbocycles. The minimum atomic E-state index is -0.332. The van der Waals surface area contributed by atoms with Gasteiger partial charge in [0.05, 0.1) is 0 Å². The quantitative estimate of drug-likeness (QED) is 0.0682. The van der Waals surface area contributed by atoms with Crippen LogP contribution in [0, 0.1) is 0 Å². The molecule has 0 aromatic carbocycles. The second-order valence-electron chi connectivity index (χ2n) is 8.87. The maximum Gasteiger partial charge on any atom is 0.316 e. The molecule has 2 nitrogen and oxygen atoms in total. The molecule has 0 radical (unpaired) electrons. The van der Waals surface area contributed by atoms with E-state index in [2.05, 4.69) is 31.8 Å². The fraction of sp³-hybridized carbons (Fsp3) is 0.889. The topological polar surface area (TPSA) is 26.3 Å². The van der Waals surface area contributed by atoms with Crippen LogP contribution in [0.25, 0.3) is 0 Å². The van der Waals surface area contributed by atoms with Crippen molar-refractivity contribution in [3.8, 4) is 0 Å². The summed E-state index contributed by atoms with van der Waals surface area (Å²) in [7, 11) is 0.828. The van der Waals surface area contributed by atoms with Crippen LogP contribution >= 0.6 is 7.92 Å². The van der Waals surface area contributed by atoms with Gasteiger partial charge < -0.3 is 4.43 Å². The normalized spacial score (nSPS) is 10.7. The molecule has 4 heteroatoms. The highest BCUT2D eigenvalue weighted by atomic mass is 31.1. The van der Waals surface area contributed by atoms with E-state index in [4.69, 9.17) is 0 Å². The van der Waals surface area contributed by atoms with E-state index in [0.29, 0.717) is 18.4 Å². The molecule has 0 saturated heterocycles. The van der Waals surface area contributed by atoms with E-state index in [1.165, 1.54) is 116 Å². The summed E-state index contributed by atoms with van der Waals surface area (Å²) in [5.74, 6) is -0.332. The van der Waals surface area contributed by atoms with Crippen molar-refractivity contribution >= 4 is 24.4 Å². The molecule has 0 fully saturated rings. The van der Waals surface area contributed by atoms with Crippen LogP contribution in [0.4, 0.5) is 0 Å². The van der Waals surface area contributed by atoms with Crippen LogP contribution in [0.3, 0.4) is 0 Å². The Morgan fingerprint density at radius 3 is 1.16 bits per heavy atom. The molecule has 0 spiro atoms. The van der Waals surface area contributed by atoms with Crippen LogP contribution < -0.4 is 0 Å². The number of carbonyl (C=O) groups excluding carboxylic acids is 1. The van der Waals surface area contributed by atoms with Crippen LogP contribution in [0.5, 0.6) is 0 Å². The first kappa shape index (κ1) is 33.0. The Balaban J connectivity index is 0. The largest absolute Gasteiger partial charge is 0.526 e. The first-order chi connectivity index (χ1) is 15.2. The highest BCUT2D eigenvalue weighted by Gasteiger charge is 2.07. The predicted octanol–water partition coefficient (Wildman–Crippen LogP) is 8.55. The summed E-state index contributed by atoms with van der Waals surface area (Å²) in [5.41, 5.74) is 0. The number of hydrogen-bond acceptors (Lipinski definition) is 2. The average molecular weight is 473 g/mol. The Labute approximate surface area is 201 Å². The van der Waals surface area contributed by atoms with E-state index >= 15 is 0 Å². The van der Waals surface area contributed by atoms with Gasteiger partial charge in [0, 0.05) is 6.08 Å². The van der Waals surface area contributed by atoms with Crippen LogP contribution in [0.15, 0.2) is 12.7 Å². The third kappa shape index (κ3) is 29.9. The van der Waals surface area contributed by atoms with Gasteiger partial charge in [0.2, 0.25) is 10.5 Å². The summed E-state index contributed by atoms with van der Waals surface area (Å²) in [6.45, 7) is 10.1. The standard InChI is InChI=1S/C24H51P.C3H6O2Si/c1-4-7-10-13-16-19-22-25(23-20-17-14-11-8-5-2)24-21-18-15-12-9-6-3;1-2-3(4)5-6/h4-24H2,1-3H3;2H,1H2,6H3. The molecule has 186 valence electrons. The van der Waals surface area contributed by atoms with E-state index in [-0.39, 0.29) is 5.97 Å². The minimum Gasteiger partial charge on any atom is -0.526 e. The van der Waals surface area contributed by atoms with Crippen LogP contribution in [-0.2, 0) is 9.22 Å². The molecule has 0 aromatic rings. The first-order valence-electron chi connectivity index (χ1n) is 13.6. The van der Waals surface area contributed by atoms with Gasteiger partial charge in [-0.15, -0.1) is 7.92 Å². The Bertz CT molecular complexity index is 325. The van der Waals surface area contributed by atoms with Gasteiger partial charge in [-0.25, -0.2) is 4.79 Å². The monoisotopic (exact) mass is 472 g/mol. The number of hydrogen-bond donors (Lipinski definition) is 0.